The van der Waals surface area contributed by atoms with Crippen molar-refractivity contribution in [3.05, 3.63) is 70.5 Å². The number of nitrogens with one attached hydrogen (secondary N) is 2. The second-order valence-electron chi connectivity index (χ2n) is 7.32. The number of hydrogen-bond donors (Lipinski definition) is 3. The van der Waals surface area contributed by atoms with Crippen molar-refractivity contribution in [2.24, 2.45) is 0 Å². The summed E-state index contributed by atoms with van der Waals surface area (Å²) in [5.41, 5.74) is 1.80. The molecule has 2 aromatic rings. The van der Waals surface area contributed by atoms with Crippen LogP contribution in [0.15, 0.2) is 48.5 Å². The van der Waals surface area contributed by atoms with Crippen LogP contribution >= 0.6 is 11.6 Å². The van der Waals surface area contributed by atoms with Crippen molar-refractivity contribution in [3.8, 4) is 0 Å². The van der Waals surface area contributed by atoms with Crippen molar-refractivity contribution in [2.75, 3.05) is 19.6 Å². The smallest absolute Gasteiger partial charge is 0.315 e. The average molecular weight is 450 g/mol. The fraction of sp³-hybridized carbons (Fsp3) is 0.391. The number of carboxylic acid groups (broad SMARTS) is 1. The Kier molecular flexibility index (Phi) is 10.3. The van der Waals surface area contributed by atoms with Gasteiger partial charge >= 0.3 is 12.0 Å². The summed E-state index contributed by atoms with van der Waals surface area (Å²) in [6.07, 6.45) is 1.31. The zero-order valence-corrected chi connectivity index (χ0v) is 18.4. The van der Waals surface area contributed by atoms with Crippen LogP contribution in [-0.4, -0.2) is 41.6 Å². The molecule has 0 fully saturated rings. The van der Waals surface area contributed by atoms with Crippen LogP contribution in [0.4, 0.5) is 9.18 Å². The number of aliphatic carboxylic acids is 1. The number of amides is 2. The number of benzene rings is 2. The standard InChI is InChI=1S/C23H29ClFN3O3/c1-17(18-9-11-20(25)12-10-18)28(14-4-8-22(29)30)15-5-13-26-23(31)27-16-19-6-2-3-7-21(19)24/h2-3,6-7,9-12,17H,4-5,8,13-16H2,1H3,(H,29,30)(H2,26,27,31). The summed E-state index contributed by atoms with van der Waals surface area (Å²) in [5.74, 6) is -1.12. The lowest BCUT2D eigenvalue weighted by molar-refractivity contribution is -0.137. The van der Waals surface area contributed by atoms with Gasteiger partial charge in [-0.25, -0.2) is 9.18 Å². The topological polar surface area (TPSA) is 81.7 Å². The number of hydrogen-bond acceptors (Lipinski definition) is 3. The molecule has 0 aromatic heterocycles. The van der Waals surface area contributed by atoms with Crippen LogP contribution in [0.5, 0.6) is 0 Å². The Hall–Kier alpha value is -2.64. The molecule has 3 N–H and O–H groups in total. The Morgan fingerprint density at radius 3 is 2.42 bits per heavy atom. The Bertz CT molecular complexity index is 848. The predicted molar refractivity (Wildman–Crippen MR) is 120 cm³/mol. The SMILES string of the molecule is CC(c1ccc(F)cc1)N(CCCNC(=O)NCc1ccccc1Cl)CCCC(=O)O. The van der Waals surface area contributed by atoms with Gasteiger partial charge in [0, 0.05) is 37.1 Å². The molecule has 0 bridgehead atoms. The van der Waals surface area contributed by atoms with E-state index in [0.29, 0.717) is 44.0 Å². The molecule has 8 heteroatoms. The molecule has 0 radical (unpaired) electrons. The minimum absolute atomic E-state index is 0.00319. The highest BCUT2D eigenvalue weighted by molar-refractivity contribution is 6.31. The second kappa shape index (κ2) is 12.9. The van der Waals surface area contributed by atoms with Gasteiger partial charge in [-0.1, -0.05) is 41.9 Å². The maximum absolute atomic E-state index is 13.2. The first kappa shape index (κ1) is 24.6. The summed E-state index contributed by atoms with van der Waals surface area (Å²) in [7, 11) is 0. The molecule has 0 spiro atoms. The van der Waals surface area contributed by atoms with Crippen molar-refractivity contribution in [1.82, 2.24) is 15.5 Å². The van der Waals surface area contributed by atoms with Gasteiger partial charge < -0.3 is 15.7 Å². The molecule has 0 aliphatic heterocycles. The maximum Gasteiger partial charge on any atom is 0.315 e. The molecule has 31 heavy (non-hydrogen) atoms. The summed E-state index contributed by atoms with van der Waals surface area (Å²) in [5, 5.41) is 15.1. The van der Waals surface area contributed by atoms with Crippen LogP contribution in [0.1, 0.15) is 43.4 Å². The fourth-order valence-corrected chi connectivity index (χ4v) is 3.45. The van der Waals surface area contributed by atoms with E-state index in [1.165, 1.54) is 12.1 Å². The highest BCUT2D eigenvalue weighted by Crippen LogP contribution is 2.21. The molecular weight excluding hydrogens is 421 g/mol. The molecule has 0 aliphatic carbocycles. The Morgan fingerprint density at radius 2 is 1.74 bits per heavy atom. The monoisotopic (exact) mass is 449 g/mol. The van der Waals surface area contributed by atoms with Gasteiger partial charge in [0.05, 0.1) is 0 Å². The molecule has 1 unspecified atom stereocenters. The molecule has 2 rings (SSSR count). The average Bonchev–Trinajstić information content (AvgIpc) is 2.74. The minimum Gasteiger partial charge on any atom is -0.481 e. The number of carbonyl (C=O) groups excluding carboxylic acids is 1. The van der Waals surface area contributed by atoms with E-state index in [2.05, 4.69) is 15.5 Å². The summed E-state index contributed by atoms with van der Waals surface area (Å²) >= 11 is 6.08. The first-order valence-electron chi connectivity index (χ1n) is 10.3. The van der Waals surface area contributed by atoms with Crippen molar-refractivity contribution in [3.63, 3.8) is 0 Å². The summed E-state index contributed by atoms with van der Waals surface area (Å²) in [6.45, 7) is 4.10. The third-order valence-electron chi connectivity index (χ3n) is 5.04. The number of nitrogens with zero attached hydrogens (tertiary/aromatic N) is 1. The Labute approximate surface area is 187 Å². The van der Waals surface area contributed by atoms with E-state index < -0.39 is 5.97 Å². The number of carbonyl (C=O) groups is 2. The predicted octanol–water partition coefficient (Wildman–Crippen LogP) is 4.60. The number of rotatable bonds is 12. The quantitative estimate of drug-likeness (QED) is 0.414. The maximum atomic E-state index is 13.2. The highest BCUT2D eigenvalue weighted by Gasteiger charge is 2.16. The van der Waals surface area contributed by atoms with Crippen molar-refractivity contribution < 1.29 is 19.1 Å². The fourth-order valence-electron chi connectivity index (χ4n) is 3.25. The molecular formula is C23H29ClFN3O3. The zero-order valence-electron chi connectivity index (χ0n) is 17.6. The van der Waals surface area contributed by atoms with Crippen LogP contribution in [0.25, 0.3) is 0 Å². The van der Waals surface area contributed by atoms with Gasteiger partial charge in [-0.3, -0.25) is 9.69 Å². The molecule has 0 saturated carbocycles. The van der Waals surface area contributed by atoms with E-state index in [-0.39, 0.29) is 24.3 Å². The molecule has 2 aromatic carbocycles. The van der Waals surface area contributed by atoms with Gasteiger partial charge in [0.25, 0.3) is 0 Å². The van der Waals surface area contributed by atoms with Crippen LogP contribution in [0.2, 0.25) is 5.02 Å². The van der Waals surface area contributed by atoms with Crippen LogP contribution in [0, 0.1) is 5.82 Å². The number of urea groups is 1. The molecule has 1 atom stereocenters. The minimum atomic E-state index is -0.828. The second-order valence-corrected chi connectivity index (χ2v) is 7.72. The third-order valence-corrected chi connectivity index (χ3v) is 5.41. The highest BCUT2D eigenvalue weighted by atomic mass is 35.5. The zero-order chi connectivity index (χ0) is 22.6. The van der Waals surface area contributed by atoms with Crippen molar-refractivity contribution in [1.29, 1.82) is 0 Å². The summed E-state index contributed by atoms with van der Waals surface area (Å²) in [4.78, 5) is 25.0. The normalized spacial score (nSPS) is 11.9. The van der Waals surface area contributed by atoms with E-state index in [0.717, 1.165) is 11.1 Å². The summed E-state index contributed by atoms with van der Waals surface area (Å²) in [6, 6.07) is 13.4. The van der Waals surface area contributed by atoms with E-state index in [1.54, 1.807) is 18.2 Å². The number of carboxylic acids is 1. The van der Waals surface area contributed by atoms with Gasteiger partial charge in [-0.05, 0) is 55.6 Å². The van der Waals surface area contributed by atoms with E-state index in [1.807, 2.05) is 25.1 Å². The van der Waals surface area contributed by atoms with E-state index in [9.17, 15) is 14.0 Å². The van der Waals surface area contributed by atoms with Gasteiger partial charge in [0.15, 0.2) is 0 Å². The van der Waals surface area contributed by atoms with Gasteiger partial charge in [0.1, 0.15) is 5.82 Å². The largest absolute Gasteiger partial charge is 0.481 e. The van der Waals surface area contributed by atoms with E-state index >= 15 is 0 Å². The lowest BCUT2D eigenvalue weighted by Gasteiger charge is -2.29. The Balaban J connectivity index is 1.80. The van der Waals surface area contributed by atoms with Crippen molar-refractivity contribution >= 4 is 23.6 Å². The van der Waals surface area contributed by atoms with Gasteiger partial charge in [-0.2, -0.15) is 0 Å². The molecule has 0 saturated heterocycles. The van der Waals surface area contributed by atoms with E-state index in [4.69, 9.17) is 16.7 Å². The van der Waals surface area contributed by atoms with Crippen LogP contribution in [-0.2, 0) is 11.3 Å². The lowest BCUT2D eigenvalue weighted by atomic mass is 10.1. The van der Waals surface area contributed by atoms with Gasteiger partial charge in [-0.15, -0.1) is 0 Å². The molecule has 168 valence electrons. The molecule has 2 amide bonds. The molecule has 0 aliphatic rings. The Morgan fingerprint density at radius 1 is 1.06 bits per heavy atom. The lowest BCUT2D eigenvalue weighted by Crippen LogP contribution is -2.37. The van der Waals surface area contributed by atoms with Crippen molar-refractivity contribution in [2.45, 2.75) is 38.8 Å². The third kappa shape index (κ3) is 8.94. The van der Waals surface area contributed by atoms with Crippen LogP contribution in [0.3, 0.4) is 0 Å². The van der Waals surface area contributed by atoms with Gasteiger partial charge in [0.2, 0.25) is 0 Å². The van der Waals surface area contributed by atoms with Crippen LogP contribution < -0.4 is 10.6 Å². The first-order valence-corrected chi connectivity index (χ1v) is 10.7. The summed E-state index contributed by atoms with van der Waals surface area (Å²) < 4.78 is 13.2. The molecule has 6 nitrogen and oxygen atoms in total. The first-order chi connectivity index (χ1) is 14.9. The number of halogens is 2. The molecule has 0 heterocycles.